The number of aromatic carboxylic acids is 1. The molecule has 1 unspecified atom stereocenters. The third kappa shape index (κ3) is 2.12. The van der Waals surface area contributed by atoms with Gasteiger partial charge >= 0.3 is 5.97 Å². The molecule has 1 fully saturated rings. The normalized spacial score (nSPS) is 19.6. The Morgan fingerprint density at radius 2 is 2.41 bits per heavy atom. The second-order valence-electron chi connectivity index (χ2n) is 4.53. The molecule has 0 bridgehead atoms. The molecule has 1 aliphatic rings. The number of hydrogen-bond donors (Lipinski definition) is 1. The Bertz CT molecular complexity index is 431. The largest absolute Gasteiger partial charge is 0.478 e. The van der Waals surface area contributed by atoms with Crippen molar-refractivity contribution in [2.45, 2.75) is 39.2 Å². The number of aryl methyl sites for hydroxylation is 1. The van der Waals surface area contributed by atoms with Crippen molar-refractivity contribution in [3.05, 3.63) is 23.4 Å². The number of hydrogen-bond acceptors (Lipinski definition) is 3. The molecule has 1 aromatic rings. The average Bonchev–Trinajstić information content (AvgIpc) is 2.75. The summed E-state index contributed by atoms with van der Waals surface area (Å²) in [6, 6.07) is 2.19. The molecule has 17 heavy (non-hydrogen) atoms. The van der Waals surface area contributed by atoms with Gasteiger partial charge in [-0.25, -0.2) is 9.78 Å². The summed E-state index contributed by atoms with van der Waals surface area (Å²) in [5.74, 6) is -0.241. The molecule has 0 aromatic carbocycles. The second kappa shape index (κ2) is 4.73. The predicted molar refractivity (Wildman–Crippen MR) is 66.6 cm³/mol. The maximum absolute atomic E-state index is 11.3. The summed E-state index contributed by atoms with van der Waals surface area (Å²) in [5, 5.41) is 9.30. The standard InChI is InChI=1S/C13H18N2O2/c1-3-10-5-4-8-15(10)12-11(13(16)17)9(2)6-7-14-12/h6-7,10H,3-5,8H2,1-2H3,(H,16,17). The minimum Gasteiger partial charge on any atom is -0.478 e. The summed E-state index contributed by atoms with van der Waals surface area (Å²) in [6.45, 7) is 4.88. The first kappa shape index (κ1) is 11.9. The lowest BCUT2D eigenvalue weighted by Crippen LogP contribution is -2.31. The molecule has 4 nitrogen and oxygen atoms in total. The summed E-state index contributed by atoms with van der Waals surface area (Å²) >= 11 is 0. The Hall–Kier alpha value is -1.58. The third-order valence-corrected chi connectivity index (χ3v) is 3.47. The van der Waals surface area contributed by atoms with Crippen LogP contribution in [0.25, 0.3) is 0 Å². The lowest BCUT2D eigenvalue weighted by Gasteiger charge is -2.26. The Kier molecular flexibility index (Phi) is 3.31. The van der Waals surface area contributed by atoms with Crippen LogP contribution in [-0.2, 0) is 0 Å². The Balaban J connectivity index is 2.44. The summed E-state index contributed by atoms with van der Waals surface area (Å²) in [7, 11) is 0. The molecule has 4 heteroatoms. The molecular weight excluding hydrogens is 216 g/mol. The maximum Gasteiger partial charge on any atom is 0.339 e. The van der Waals surface area contributed by atoms with Gasteiger partial charge in [-0.15, -0.1) is 0 Å². The highest BCUT2D eigenvalue weighted by molar-refractivity contribution is 5.95. The monoisotopic (exact) mass is 234 g/mol. The minimum absolute atomic E-state index is 0.354. The molecule has 0 radical (unpaired) electrons. The molecule has 1 saturated heterocycles. The zero-order valence-electron chi connectivity index (χ0n) is 10.3. The molecule has 1 N–H and O–H groups in total. The van der Waals surface area contributed by atoms with Gasteiger partial charge in [-0.1, -0.05) is 6.92 Å². The van der Waals surface area contributed by atoms with Gasteiger partial charge in [0.15, 0.2) is 0 Å². The highest BCUT2D eigenvalue weighted by atomic mass is 16.4. The van der Waals surface area contributed by atoms with Gasteiger partial charge in [0.1, 0.15) is 11.4 Å². The first-order valence-electron chi connectivity index (χ1n) is 6.10. The van der Waals surface area contributed by atoms with Crippen LogP contribution in [0.15, 0.2) is 12.3 Å². The van der Waals surface area contributed by atoms with Crippen LogP contribution in [0.5, 0.6) is 0 Å². The van der Waals surface area contributed by atoms with E-state index in [2.05, 4.69) is 16.8 Å². The van der Waals surface area contributed by atoms with Crippen LogP contribution in [0.4, 0.5) is 5.82 Å². The van der Waals surface area contributed by atoms with Crippen LogP contribution in [-0.4, -0.2) is 28.6 Å². The van der Waals surface area contributed by atoms with Gasteiger partial charge in [-0.2, -0.15) is 0 Å². The number of carbonyl (C=O) groups is 1. The fourth-order valence-electron chi connectivity index (χ4n) is 2.57. The smallest absolute Gasteiger partial charge is 0.339 e. The van der Waals surface area contributed by atoms with Crippen molar-refractivity contribution in [2.24, 2.45) is 0 Å². The van der Waals surface area contributed by atoms with Crippen molar-refractivity contribution < 1.29 is 9.90 Å². The summed E-state index contributed by atoms with van der Waals surface area (Å²) in [6.07, 6.45) is 4.98. The minimum atomic E-state index is -0.882. The maximum atomic E-state index is 11.3. The van der Waals surface area contributed by atoms with Crippen LogP contribution in [0.1, 0.15) is 42.1 Å². The Labute approximate surface area is 101 Å². The first-order valence-corrected chi connectivity index (χ1v) is 6.10. The van der Waals surface area contributed by atoms with E-state index in [-0.39, 0.29) is 0 Å². The van der Waals surface area contributed by atoms with Crippen molar-refractivity contribution in [2.75, 3.05) is 11.4 Å². The van der Waals surface area contributed by atoms with Crippen LogP contribution in [0.2, 0.25) is 0 Å². The molecule has 0 aliphatic carbocycles. The molecule has 0 amide bonds. The number of nitrogens with zero attached hydrogens (tertiary/aromatic N) is 2. The molecule has 0 spiro atoms. The van der Waals surface area contributed by atoms with Gasteiger partial charge in [0.05, 0.1) is 0 Å². The van der Waals surface area contributed by atoms with E-state index in [4.69, 9.17) is 0 Å². The third-order valence-electron chi connectivity index (χ3n) is 3.47. The molecule has 0 saturated carbocycles. The van der Waals surface area contributed by atoms with E-state index in [1.165, 1.54) is 0 Å². The van der Waals surface area contributed by atoms with E-state index in [1.807, 2.05) is 6.92 Å². The molecule has 1 aromatic heterocycles. The summed E-state index contributed by atoms with van der Waals surface area (Å²) in [4.78, 5) is 17.8. The molecule has 92 valence electrons. The van der Waals surface area contributed by atoms with Crippen molar-refractivity contribution in [1.29, 1.82) is 0 Å². The van der Waals surface area contributed by atoms with Crippen LogP contribution in [0, 0.1) is 6.92 Å². The summed E-state index contributed by atoms with van der Waals surface area (Å²) in [5.41, 5.74) is 1.14. The number of rotatable bonds is 3. The highest BCUT2D eigenvalue weighted by Crippen LogP contribution is 2.29. The van der Waals surface area contributed by atoms with Crippen LogP contribution < -0.4 is 4.90 Å². The zero-order valence-corrected chi connectivity index (χ0v) is 10.3. The quantitative estimate of drug-likeness (QED) is 0.872. The van der Waals surface area contributed by atoms with Crippen LogP contribution >= 0.6 is 0 Å². The zero-order chi connectivity index (χ0) is 12.4. The first-order chi connectivity index (χ1) is 8.15. The SMILES string of the molecule is CCC1CCCN1c1nccc(C)c1C(=O)O. The van der Waals surface area contributed by atoms with Crippen molar-refractivity contribution in [1.82, 2.24) is 4.98 Å². The summed E-state index contributed by atoms with van der Waals surface area (Å²) < 4.78 is 0. The van der Waals surface area contributed by atoms with Gasteiger partial charge < -0.3 is 10.0 Å². The van der Waals surface area contributed by atoms with E-state index in [9.17, 15) is 9.90 Å². The van der Waals surface area contributed by atoms with E-state index in [0.717, 1.165) is 31.4 Å². The molecule has 2 rings (SSSR count). The number of anilines is 1. The van der Waals surface area contributed by atoms with E-state index >= 15 is 0 Å². The van der Waals surface area contributed by atoms with Crippen molar-refractivity contribution in [3.8, 4) is 0 Å². The molecule has 1 atom stereocenters. The molecule has 2 heterocycles. The van der Waals surface area contributed by atoms with Gasteiger partial charge in [-0.3, -0.25) is 0 Å². The Morgan fingerprint density at radius 3 is 3.06 bits per heavy atom. The van der Waals surface area contributed by atoms with Gasteiger partial charge in [-0.05, 0) is 37.8 Å². The van der Waals surface area contributed by atoms with Gasteiger partial charge in [0.25, 0.3) is 0 Å². The Morgan fingerprint density at radius 1 is 1.65 bits per heavy atom. The van der Waals surface area contributed by atoms with Gasteiger partial charge in [0.2, 0.25) is 0 Å². The lowest BCUT2D eigenvalue weighted by molar-refractivity contribution is 0.0696. The molecule has 1 aliphatic heterocycles. The second-order valence-corrected chi connectivity index (χ2v) is 4.53. The van der Waals surface area contributed by atoms with Crippen LogP contribution in [0.3, 0.4) is 0 Å². The lowest BCUT2D eigenvalue weighted by atomic mass is 10.1. The van der Waals surface area contributed by atoms with E-state index in [1.54, 1.807) is 12.3 Å². The topological polar surface area (TPSA) is 53.4 Å². The fourth-order valence-corrected chi connectivity index (χ4v) is 2.57. The van der Waals surface area contributed by atoms with E-state index < -0.39 is 5.97 Å². The highest BCUT2D eigenvalue weighted by Gasteiger charge is 2.28. The predicted octanol–water partition coefficient (Wildman–Crippen LogP) is 2.47. The molecular formula is C13H18N2O2. The van der Waals surface area contributed by atoms with Crippen molar-refractivity contribution >= 4 is 11.8 Å². The average molecular weight is 234 g/mol. The fraction of sp³-hybridized carbons (Fsp3) is 0.538. The number of carboxylic acids is 1. The van der Waals surface area contributed by atoms with Gasteiger partial charge in [0, 0.05) is 18.8 Å². The van der Waals surface area contributed by atoms with E-state index in [0.29, 0.717) is 17.4 Å². The number of carboxylic acid groups (broad SMARTS) is 1. The number of pyridine rings is 1. The van der Waals surface area contributed by atoms with Crippen molar-refractivity contribution in [3.63, 3.8) is 0 Å². The number of aromatic nitrogens is 1.